The standard InChI is InChI=1S/C16H20ClN3O/c1-4-8-13-14(17)15(20(3)19-13)16(21)18-11(2)12-9-6-5-7-10-12/h5-7,9-11H,4,8H2,1-3H3,(H,18,21)/t11-/m1/s1. The number of nitrogens with zero attached hydrogens (tertiary/aromatic N) is 2. The van der Waals surface area contributed by atoms with Crippen LogP contribution in [0.15, 0.2) is 30.3 Å². The fourth-order valence-corrected chi connectivity index (χ4v) is 2.63. The maximum atomic E-state index is 12.4. The van der Waals surface area contributed by atoms with Gasteiger partial charge in [0.25, 0.3) is 5.91 Å². The first-order valence-electron chi connectivity index (χ1n) is 7.11. The number of hydrogen-bond acceptors (Lipinski definition) is 2. The van der Waals surface area contributed by atoms with Gasteiger partial charge in [0.2, 0.25) is 0 Å². The van der Waals surface area contributed by atoms with Gasteiger partial charge in [0.15, 0.2) is 0 Å². The zero-order valence-corrected chi connectivity index (χ0v) is 13.3. The smallest absolute Gasteiger partial charge is 0.271 e. The van der Waals surface area contributed by atoms with E-state index in [1.807, 2.05) is 37.3 Å². The van der Waals surface area contributed by atoms with Gasteiger partial charge in [-0.1, -0.05) is 55.3 Å². The molecule has 0 spiro atoms. The molecule has 0 aliphatic heterocycles. The summed E-state index contributed by atoms with van der Waals surface area (Å²) in [5.74, 6) is -0.200. The van der Waals surface area contributed by atoms with E-state index in [-0.39, 0.29) is 11.9 Å². The number of carbonyl (C=O) groups excluding carboxylic acids is 1. The van der Waals surface area contributed by atoms with Gasteiger partial charge in [-0.05, 0) is 18.9 Å². The molecule has 21 heavy (non-hydrogen) atoms. The number of aromatic nitrogens is 2. The van der Waals surface area contributed by atoms with Crippen molar-refractivity contribution in [3.05, 3.63) is 52.3 Å². The van der Waals surface area contributed by atoms with Crippen molar-refractivity contribution in [2.75, 3.05) is 0 Å². The summed E-state index contributed by atoms with van der Waals surface area (Å²) in [5.41, 5.74) is 2.25. The minimum atomic E-state index is -0.200. The Balaban J connectivity index is 2.17. The molecule has 0 radical (unpaired) electrons. The molecule has 1 aromatic carbocycles. The molecule has 0 unspecified atom stereocenters. The fraction of sp³-hybridized carbons (Fsp3) is 0.375. The van der Waals surface area contributed by atoms with Crippen LogP contribution in [-0.4, -0.2) is 15.7 Å². The van der Waals surface area contributed by atoms with Crippen molar-refractivity contribution in [2.24, 2.45) is 7.05 Å². The highest BCUT2D eigenvalue weighted by molar-refractivity contribution is 6.34. The minimum absolute atomic E-state index is 0.0840. The molecule has 0 fully saturated rings. The van der Waals surface area contributed by atoms with E-state index in [0.29, 0.717) is 10.7 Å². The zero-order chi connectivity index (χ0) is 15.4. The predicted molar refractivity (Wildman–Crippen MR) is 84.5 cm³/mol. The Labute approximate surface area is 130 Å². The van der Waals surface area contributed by atoms with Gasteiger partial charge in [0.05, 0.1) is 16.8 Å². The van der Waals surface area contributed by atoms with Gasteiger partial charge < -0.3 is 5.32 Å². The first-order valence-corrected chi connectivity index (χ1v) is 7.49. The summed E-state index contributed by atoms with van der Waals surface area (Å²) in [6.07, 6.45) is 1.71. The molecule has 1 aromatic heterocycles. The van der Waals surface area contributed by atoms with Crippen molar-refractivity contribution in [1.29, 1.82) is 0 Å². The molecule has 1 amide bonds. The van der Waals surface area contributed by atoms with Crippen molar-refractivity contribution in [3.8, 4) is 0 Å². The largest absolute Gasteiger partial charge is 0.344 e. The van der Waals surface area contributed by atoms with E-state index in [9.17, 15) is 4.79 Å². The average Bonchev–Trinajstić information content (AvgIpc) is 2.75. The molecule has 0 saturated carbocycles. The summed E-state index contributed by atoms with van der Waals surface area (Å²) >= 11 is 6.29. The second-order valence-electron chi connectivity index (χ2n) is 5.09. The number of rotatable bonds is 5. The lowest BCUT2D eigenvalue weighted by Gasteiger charge is -2.14. The number of carbonyl (C=O) groups is 1. The third-order valence-electron chi connectivity index (χ3n) is 3.40. The normalized spacial score (nSPS) is 12.2. The first-order chi connectivity index (χ1) is 10.0. The number of amides is 1. The second kappa shape index (κ2) is 6.76. The summed E-state index contributed by atoms with van der Waals surface area (Å²) < 4.78 is 1.56. The van der Waals surface area contributed by atoms with Crippen LogP contribution in [0.2, 0.25) is 5.02 Å². The van der Waals surface area contributed by atoms with Crippen LogP contribution in [0, 0.1) is 0 Å². The van der Waals surface area contributed by atoms with Crippen LogP contribution in [0.3, 0.4) is 0 Å². The summed E-state index contributed by atoms with van der Waals surface area (Å²) in [6, 6.07) is 9.74. The van der Waals surface area contributed by atoms with Gasteiger partial charge in [-0.25, -0.2) is 0 Å². The fourth-order valence-electron chi connectivity index (χ4n) is 2.29. The highest BCUT2D eigenvalue weighted by atomic mass is 35.5. The summed E-state index contributed by atoms with van der Waals surface area (Å²) in [6.45, 7) is 4.01. The van der Waals surface area contributed by atoms with Gasteiger partial charge in [0.1, 0.15) is 5.69 Å². The van der Waals surface area contributed by atoms with Crippen molar-refractivity contribution >= 4 is 17.5 Å². The van der Waals surface area contributed by atoms with Crippen molar-refractivity contribution in [2.45, 2.75) is 32.7 Å². The van der Waals surface area contributed by atoms with Crippen molar-refractivity contribution in [3.63, 3.8) is 0 Å². The Morgan fingerprint density at radius 2 is 2.05 bits per heavy atom. The van der Waals surface area contributed by atoms with E-state index in [1.165, 1.54) is 0 Å². The predicted octanol–water partition coefficient (Wildman–Crippen LogP) is 3.52. The van der Waals surface area contributed by atoms with Crippen LogP contribution in [-0.2, 0) is 13.5 Å². The molecule has 0 saturated heterocycles. The van der Waals surface area contributed by atoms with Crippen LogP contribution in [0.1, 0.15) is 48.1 Å². The Hall–Kier alpha value is -1.81. The SMILES string of the molecule is CCCc1nn(C)c(C(=O)N[C@H](C)c2ccccc2)c1Cl. The summed E-state index contributed by atoms with van der Waals surface area (Å²) in [4.78, 5) is 12.4. The molecule has 4 nitrogen and oxygen atoms in total. The van der Waals surface area contributed by atoms with E-state index >= 15 is 0 Å². The number of aryl methyl sites for hydroxylation is 2. The average molecular weight is 306 g/mol. The molecular formula is C16H20ClN3O. The van der Waals surface area contributed by atoms with E-state index < -0.39 is 0 Å². The molecule has 0 bridgehead atoms. The summed E-state index contributed by atoms with van der Waals surface area (Å²) in [7, 11) is 1.74. The number of nitrogens with one attached hydrogen (secondary N) is 1. The minimum Gasteiger partial charge on any atom is -0.344 e. The Morgan fingerprint density at radius 1 is 1.38 bits per heavy atom. The van der Waals surface area contributed by atoms with Crippen molar-refractivity contribution in [1.82, 2.24) is 15.1 Å². The number of benzene rings is 1. The monoisotopic (exact) mass is 305 g/mol. The first kappa shape index (κ1) is 15.6. The summed E-state index contributed by atoms with van der Waals surface area (Å²) in [5, 5.41) is 7.75. The van der Waals surface area contributed by atoms with Crippen molar-refractivity contribution < 1.29 is 4.79 Å². The highest BCUT2D eigenvalue weighted by Gasteiger charge is 2.21. The van der Waals surface area contributed by atoms with E-state index in [1.54, 1.807) is 11.7 Å². The molecule has 0 aliphatic carbocycles. The lowest BCUT2D eigenvalue weighted by molar-refractivity contribution is 0.0930. The van der Waals surface area contributed by atoms with Crippen LogP contribution < -0.4 is 5.32 Å². The Kier molecular flexibility index (Phi) is 5.02. The molecule has 5 heteroatoms. The molecule has 2 aromatic rings. The molecule has 1 heterocycles. The van der Waals surface area contributed by atoms with Gasteiger partial charge in [-0.15, -0.1) is 0 Å². The number of halogens is 1. The Morgan fingerprint density at radius 3 is 2.67 bits per heavy atom. The third kappa shape index (κ3) is 3.45. The molecule has 0 aliphatic rings. The van der Waals surface area contributed by atoms with Gasteiger partial charge in [-0.3, -0.25) is 9.48 Å². The van der Waals surface area contributed by atoms with Gasteiger partial charge in [0, 0.05) is 7.05 Å². The highest BCUT2D eigenvalue weighted by Crippen LogP contribution is 2.22. The molecular weight excluding hydrogens is 286 g/mol. The number of hydrogen-bond donors (Lipinski definition) is 1. The van der Waals surface area contributed by atoms with Crippen LogP contribution in [0.5, 0.6) is 0 Å². The maximum absolute atomic E-state index is 12.4. The van der Waals surface area contributed by atoms with Gasteiger partial charge >= 0.3 is 0 Å². The molecule has 2 rings (SSSR count). The topological polar surface area (TPSA) is 46.9 Å². The van der Waals surface area contributed by atoms with Crippen LogP contribution in [0.25, 0.3) is 0 Å². The van der Waals surface area contributed by atoms with Crippen LogP contribution >= 0.6 is 11.6 Å². The Bertz CT molecular complexity index is 622. The van der Waals surface area contributed by atoms with Crippen LogP contribution in [0.4, 0.5) is 0 Å². The lowest BCUT2D eigenvalue weighted by Crippen LogP contribution is -2.28. The molecule has 1 N–H and O–H groups in total. The van der Waals surface area contributed by atoms with Gasteiger partial charge in [-0.2, -0.15) is 5.10 Å². The quantitative estimate of drug-likeness (QED) is 0.918. The molecule has 1 atom stereocenters. The van der Waals surface area contributed by atoms with E-state index in [4.69, 9.17) is 11.6 Å². The molecule has 112 valence electrons. The second-order valence-corrected chi connectivity index (χ2v) is 5.47. The zero-order valence-electron chi connectivity index (χ0n) is 12.6. The maximum Gasteiger partial charge on any atom is 0.271 e. The van der Waals surface area contributed by atoms with E-state index in [2.05, 4.69) is 17.3 Å². The lowest BCUT2D eigenvalue weighted by atomic mass is 10.1. The third-order valence-corrected chi connectivity index (χ3v) is 3.80. The van der Waals surface area contributed by atoms with E-state index in [0.717, 1.165) is 24.1 Å².